The van der Waals surface area contributed by atoms with Crippen molar-refractivity contribution in [3.8, 4) is 0 Å². The van der Waals surface area contributed by atoms with Crippen LogP contribution in [-0.4, -0.2) is 80.3 Å². The molecule has 0 unspecified atom stereocenters. The lowest BCUT2D eigenvalue weighted by Crippen LogP contribution is -2.46. The van der Waals surface area contributed by atoms with Crippen LogP contribution in [-0.2, 0) is 9.53 Å². The lowest BCUT2D eigenvalue weighted by Gasteiger charge is -2.32. The Kier molecular flexibility index (Phi) is 7.14. The van der Waals surface area contributed by atoms with Gasteiger partial charge in [0.25, 0.3) is 11.8 Å². The Labute approximate surface area is 164 Å². The van der Waals surface area contributed by atoms with Crippen LogP contribution in [0.4, 0.5) is 5.69 Å². The molecule has 0 saturated carbocycles. The van der Waals surface area contributed by atoms with E-state index in [1.165, 1.54) is 0 Å². The molecule has 146 valence electrons. The van der Waals surface area contributed by atoms with Gasteiger partial charge in [-0.3, -0.25) is 14.5 Å². The molecular weight excluding hydrogens is 364 g/mol. The molecule has 0 bridgehead atoms. The summed E-state index contributed by atoms with van der Waals surface area (Å²) in [4.78, 5) is 29.0. The number of rotatable bonds is 6. The first kappa shape index (κ1) is 19.7. The Morgan fingerprint density at radius 3 is 2.52 bits per heavy atom. The molecule has 7 nitrogen and oxygen atoms in total. The van der Waals surface area contributed by atoms with Crippen LogP contribution in [0.1, 0.15) is 10.4 Å². The van der Waals surface area contributed by atoms with E-state index in [2.05, 4.69) is 27.5 Å². The Hall–Kier alpha value is -2.03. The van der Waals surface area contributed by atoms with Crippen LogP contribution in [0.25, 0.3) is 0 Å². The first-order valence-corrected chi connectivity index (χ1v) is 10.2. The molecule has 2 aliphatic heterocycles. The van der Waals surface area contributed by atoms with Crippen molar-refractivity contribution in [3.05, 3.63) is 41.0 Å². The molecule has 0 aromatic heterocycles. The molecule has 2 heterocycles. The van der Waals surface area contributed by atoms with E-state index in [1.807, 2.05) is 0 Å². The maximum atomic E-state index is 12.3. The summed E-state index contributed by atoms with van der Waals surface area (Å²) in [5.41, 5.74) is 1.21. The molecule has 0 spiro atoms. The van der Waals surface area contributed by atoms with E-state index >= 15 is 0 Å². The summed E-state index contributed by atoms with van der Waals surface area (Å²) in [6.45, 7) is 6.25. The van der Waals surface area contributed by atoms with Crippen molar-refractivity contribution in [2.75, 3.05) is 64.0 Å². The summed E-state index contributed by atoms with van der Waals surface area (Å²) in [6, 6.07) is 6.88. The average Bonchev–Trinajstić information content (AvgIpc) is 2.70. The van der Waals surface area contributed by atoms with Gasteiger partial charge in [0, 0.05) is 61.7 Å². The van der Waals surface area contributed by atoms with Crippen molar-refractivity contribution in [2.45, 2.75) is 0 Å². The molecular formula is C19H26N4O3S. The van der Waals surface area contributed by atoms with Crippen molar-refractivity contribution in [1.82, 2.24) is 15.1 Å². The number of likely N-dealkylation sites (N-methyl/N-ethyl adjacent to an activating group) is 1. The van der Waals surface area contributed by atoms with Crippen molar-refractivity contribution in [2.24, 2.45) is 0 Å². The summed E-state index contributed by atoms with van der Waals surface area (Å²) >= 11 is 1.56. The number of hydrogen-bond acceptors (Lipinski definition) is 6. The van der Waals surface area contributed by atoms with Crippen molar-refractivity contribution >= 4 is 29.3 Å². The van der Waals surface area contributed by atoms with Gasteiger partial charge in [-0.2, -0.15) is 0 Å². The first-order valence-electron chi connectivity index (χ1n) is 9.17. The van der Waals surface area contributed by atoms with Crippen LogP contribution >= 0.6 is 11.8 Å². The maximum absolute atomic E-state index is 12.3. The molecule has 3 rings (SSSR count). The largest absolute Gasteiger partial charge is 0.487 e. The highest BCUT2D eigenvalue weighted by Crippen LogP contribution is 2.17. The Morgan fingerprint density at radius 1 is 1.11 bits per heavy atom. The highest BCUT2D eigenvalue weighted by molar-refractivity contribution is 8.02. The molecule has 2 N–H and O–H groups in total. The second kappa shape index (κ2) is 9.77. The lowest BCUT2D eigenvalue weighted by molar-refractivity contribution is -0.116. The average molecular weight is 391 g/mol. The number of carbonyl (C=O) groups is 2. The zero-order chi connectivity index (χ0) is 19.1. The van der Waals surface area contributed by atoms with Crippen molar-refractivity contribution < 1.29 is 14.3 Å². The summed E-state index contributed by atoms with van der Waals surface area (Å²) in [7, 11) is 2.13. The second-order valence-electron chi connectivity index (χ2n) is 6.63. The van der Waals surface area contributed by atoms with Crippen LogP contribution < -0.4 is 10.6 Å². The quantitative estimate of drug-likeness (QED) is 0.761. The van der Waals surface area contributed by atoms with Crippen LogP contribution in [0.2, 0.25) is 0 Å². The molecule has 0 aliphatic carbocycles. The van der Waals surface area contributed by atoms with E-state index in [0.29, 0.717) is 30.2 Å². The number of thioether (sulfide) groups is 1. The topological polar surface area (TPSA) is 73.9 Å². The predicted molar refractivity (Wildman–Crippen MR) is 108 cm³/mol. The van der Waals surface area contributed by atoms with E-state index in [0.717, 1.165) is 38.5 Å². The van der Waals surface area contributed by atoms with Gasteiger partial charge in [0.1, 0.15) is 0 Å². The Morgan fingerprint density at radius 2 is 1.85 bits per heavy atom. The monoisotopic (exact) mass is 390 g/mol. The molecule has 2 aliphatic rings. The SMILES string of the molecule is CN1CCN(CCNC(=O)c2ccc(NC(=O)C3=CSCCO3)cc2)CC1. The smallest absolute Gasteiger partial charge is 0.291 e. The normalized spacial score (nSPS) is 18.3. The van der Waals surface area contributed by atoms with E-state index in [-0.39, 0.29) is 11.8 Å². The molecule has 1 aromatic rings. The molecule has 8 heteroatoms. The molecule has 0 atom stereocenters. The Balaban J connectivity index is 1.43. The third kappa shape index (κ3) is 5.98. The highest BCUT2D eigenvalue weighted by Gasteiger charge is 2.15. The van der Waals surface area contributed by atoms with E-state index in [9.17, 15) is 9.59 Å². The molecule has 2 amide bonds. The van der Waals surface area contributed by atoms with Crippen molar-refractivity contribution in [1.29, 1.82) is 0 Å². The number of anilines is 1. The number of ether oxygens (including phenoxy) is 1. The molecule has 1 aromatic carbocycles. The summed E-state index contributed by atoms with van der Waals surface area (Å²) in [5.74, 6) is 0.815. The predicted octanol–water partition coefficient (Wildman–Crippen LogP) is 1.21. The zero-order valence-electron chi connectivity index (χ0n) is 15.6. The van der Waals surface area contributed by atoms with Gasteiger partial charge in [-0.25, -0.2) is 0 Å². The number of hydrogen-bond donors (Lipinski definition) is 2. The second-order valence-corrected chi connectivity index (χ2v) is 7.61. The maximum Gasteiger partial charge on any atom is 0.291 e. The fraction of sp³-hybridized carbons (Fsp3) is 0.474. The third-order valence-electron chi connectivity index (χ3n) is 4.59. The highest BCUT2D eigenvalue weighted by atomic mass is 32.2. The van der Waals surface area contributed by atoms with Gasteiger partial charge in [0.15, 0.2) is 5.76 Å². The zero-order valence-corrected chi connectivity index (χ0v) is 16.4. The fourth-order valence-electron chi connectivity index (χ4n) is 2.89. The van der Waals surface area contributed by atoms with Crippen LogP contribution in [0.3, 0.4) is 0 Å². The first-order chi connectivity index (χ1) is 13.1. The minimum atomic E-state index is -0.272. The summed E-state index contributed by atoms with van der Waals surface area (Å²) in [6.07, 6.45) is 0. The fourth-order valence-corrected chi connectivity index (χ4v) is 3.51. The van der Waals surface area contributed by atoms with Crippen LogP contribution in [0.5, 0.6) is 0 Å². The van der Waals surface area contributed by atoms with Gasteiger partial charge >= 0.3 is 0 Å². The molecule has 27 heavy (non-hydrogen) atoms. The number of piperazine rings is 1. The lowest BCUT2D eigenvalue weighted by atomic mass is 10.2. The van der Waals surface area contributed by atoms with Gasteiger partial charge in [-0.15, -0.1) is 11.8 Å². The van der Waals surface area contributed by atoms with Crippen molar-refractivity contribution in [3.63, 3.8) is 0 Å². The van der Waals surface area contributed by atoms with Gasteiger partial charge in [-0.05, 0) is 31.3 Å². The number of amides is 2. The van der Waals surface area contributed by atoms with E-state index in [4.69, 9.17) is 4.74 Å². The van der Waals surface area contributed by atoms with E-state index in [1.54, 1.807) is 41.4 Å². The van der Waals surface area contributed by atoms with Gasteiger partial charge < -0.3 is 20.3 Å². The number of nitrogens with zero attached hydrogens (tertiary/aromatic N) is 2. The van der Waals surface area contributed by atoms with E-state index < -0.39 is 0 Å². The van der Waals surface area contributed by atoms with Crippen LogP contribution in [0.15, 0.2) is 35.4 Å². The van der Waals surface area contributed by atoms with Gasteiger partial charge in [-0.1, -0.05) is 0 Å². The number of nitrogens with one attached hydrogen (secondary N) is 2. The summed E-state index contributed by atoms with van der Waals surface area (Å²) in [5, 5.41) is 7.46. The van der Waals surface area contributed by atoms with Gasteiger partial charge in [0.05, 0.1) is 6.61 Å². The summed E-state index contributed by atoms with van der Waals surface area (Å²) < 4.78 is 5.33. The molecule has 1 saturated heterocycles. The standard InChI is InChI=1S/C19H26N4O3S/c1-22-8-10-23(11-9-22)7-6-20-18(24)15-2-4-16(5-3-15)21-19(25)17-14-27-13-12-26-17/h2-5,14H,6-13H2,1H3,(H,20,24)(H,21,25). The minimum absolute atomic E-state index is 0.100. The third-order valence-corrected chi connectivity index (χ3v) is 5.37. The number of carbonyl (C=O) groups excluding carboxylic acids is 2. The molecule has 0 radical (unpaired) electrons. The van der Waals surface area contributed by atoms with Crippen LogP contribution in [0, 0.1) is 0 Å². The minimum Gasteiger partial charge on any atom is -0.487 e. The molecule has 1 fully saturated rings. The number of benzene rings is 1. The Bertz CT molecular complexity index is 685. The van der Waals surface area contributed by atoms with Gasteiger partial charge in [0.2, 0.25) is 0 Å².